The van der Waals surface area contributed by atoms with Gasteiger partial charge in [0.15, 0.2) is 5.82 Å². The van der Waals surface area contributed by atoms with E-state index in [0.717, 1.165) is 18.4 Å². The molecule has 1 N–H and O–H groups in total. The van der Waals surface area contributed by atoms with Crippen LogP contribution in [0.5, 0.6) is 0 Å². The van der Waals surface area contributed by atoms with Gasteiger partial charge < -0.3 is 29.3 Å². The lowest BCUT2D eigenvalue weighted by atomic mass is 10.1. The van der Waals surface area contributed by atoms with Crippen molar-refractivity contribution in [3.8, 4) is 11.4 Å². The molecule has 1 aromatic carbocycles. The average molecular weight is 610 g/mol. The Balaban J connectivity index is 1.54. The van der Waals surface area contributed by atoms with E-state index in [9.17, 15) is 19.2 Å². The number of piperazine rings is 1. The first kappa shape index (κ1) is 32.8. The van der Waals surface area contributed by atoms with E-state index in [0.29, 0.717) is 37.6 Å². The molecule has 44 heavy (non-hydrogen) atoms. The van der Waals surface area contributed by atoms with Crippen molar-refractivity contribution in [3.05, 3.63) is 47.8 Å². The number of amides is 3. The third-order valence-corrected chi connectivity index (χ3v) is 7.28. The van der Waals surface area contributed by atoms with Crippen LogP contribution in [-0.2, 0) is 30.2 Å². The number of carbonyl (C=O) groups excluding carboxylic acids is 4. The standard InChI is InChI=1S/C32H43N5O7/c1-5-42-31(41)37-17-15-36(16-18-37)30(40)25(13-14-27(38)44-32(2,3)4)35-29(39)26-21-23(20-24-12-9-19-43-24)33-28(34-26)22-10-7-6-8-11-22/h6-8,10-11,21,24-25H,5,9,12-20H2,1-4H3,(H,35,39). The molecule has 2 atom stereocenters. The second kappa shape index (κ2) is 15.1. The van der Waals surface area contributed by atoms with Crippen molar-refractivity contribution in [2.45, 2.75) is 77.5 Å². The molecule has 3 heterocycles. The summed E-state index contributed by atoms with van der Waals surface area (Å²) < 4.78 is 16.3. The SMILES string of the molecule is CCOC(=O)N1CCN(C(=O)C(CCC(=O)OC(C)(C)C)NC(=O)c2cc(CC3CCCO3)nc(-c3ccccc3)n2)CC1. The summed E-state index contributed by atoms with van der Waals surface area (Å²) in [4.78, 5) is 64.5. The largest absolute Gasteiger partial charge is 0.460 e. The van der Waals surface area contributed by atoms with E-state index in [1.165, 1.54) is 0 Å². The highest BCUT2D eigenvalue weighted by Gasteiger charge is 2.32. The van der Waals surface area contributed by atoms with E-state index in [4.69, 9.17) is 19.2 Å². The second-order valence-electron chi connectivity index (χ2n) is 11.9. The van der Waals surface area contributed by atoms with E-state index in [1.807, 2.05) is 30.3 Å². The number of benzene rings is 1. The van der Waals surface area contributed by atoms with Crippen molar-refractivity contribution in [2.75, 3.05) is 39.4 Å². The number of rotatable bonds is 10. The highest BCUT2D eigenvalue weighted by Crippen LogP contribution is 2.21. The van der Waals surface area contributed by atoms with Crippen molar-refractivity contribution in [2.24, 2.45) is 0 Å². The van der Waals surface area contributed by atoms with E-state index in [1.54, 1.807) is 43.6 Å². The second-order valence-corrected chi connectivity index (χ2v) is 11.9. The van der Waals surface area contributed by atoms with Crippen molar-refractivity contribution in [1.82, 2.24) is 25.1 Å². The molecule has 238 valence electrons. The highest BCUT2D eigenvalue weighted by atomic mass is 16.6. The Bertz CT molecular complexity index is 1300. The minimum absolute atomic E-state index is 0.0147. The summed E-state index contributed by atoms with van der Waals surface area (Å²) in [6.07, 6.45) is 1.99. The molecule has 2 saturated heterocycles. The smallest absolute Gasteiger partial charge is 0.409 e. The molecule has 12 heteroatoms. The predicted molar refractivity (Wildman–Crippen MR) is 162 cm³/mol. The summed E-state index contributed by atoms with van der Waals surface area (Å²) in [5, 5.41) is 2.84. The highest BCUT2D eigenvalue weighted by molar-refractivity contribution is 5.96. The van der Waals surface area contributed by atoms with Crippen molar-refractivity contribution >= 4 is 23.9 Å². The monoisotopic (exact) mass is 609 g/mol. The molecular formula is C32H43N5O7. The van der Waals surface area contributed by atoms with Crippen LogP contribution in [0.1, 0.15) is 69.6 Å². The molecule has 0 spiro atoms. The number of ether oxygens (including phenoxy) is 3. The van der Waals surface area contributed by atoms with Crippen LogP contribution in [0.15, 0.2) is 36.4 Å². The summed E-state index contributed by atoms with van der Waals surface area (Å²) in [5.41, 5.74) is 0.863. The summed E-state index contributed by atoms with van der Waals surface area (Å²) >= 11 is 0. The van der Waals surface area contributed by atoms with Gasteiger partial charge in [-0.2, -0.15) is 0 Å². The van der Waals surface area contributed by atoms with Gasteiger partial charge in [-0.1, -0.05) is 30.3 Å². The molecule has 0 aliphatic carbocycles. The number of carbonyl (C=O) groups is 4. The number of nitrogens with zero attached hydrogens (tertiary/aromatic N) is 4. The first-order valence-electron chi connectivity index (χ1n) is 15.3. The van der Waals surface area contributed by atoms with Gasteiger partial charge in [-0.25, -0.2) is 14.8 Å². The van der Waals surface area contributed by atoms with Crippen LogP contribution >= 0.6 is 0 Å². The Morgan fingerprint density at radius 1 is 1.05 bits per heavy atom. The van der Waals surface area contributed by atoms with Crippen LogP contribution in [0.3, 0.4) is 0 Å². The van der Waals surface area contributed by atoms with Crippen LogP contribution < -0.4 is 5.32 Å². The number of aromatic nitrogens is 2. The minimum atomic E-state index is -1.01. The molecule has 2 aromatic rings. The van der Waals surface area contributed by atoms with Gasteiger partial charge >= 0.3 is 12.1 Å². The van der Waals surface area contributed by atoms with Gasteiger partial charge in [-0.15, -0.1) is 0 Å². The normalized spacial score (nSPS) is 17.6. The van der Waals surface area contributed by atoms with Crippen molar-refractivity contribution in [3.63, 3.8) is 0 Å². The van der Waals surface area contributed by atoms with Gasteiger partial charge in [0.1, 0.15) is 17.3 Å². The van der Waals surface area contributed by atoms with Crippen LogP contribution in [0.4, 0.5) is 4.79 Å². The van der Waals surface area contributed by atoms with Crippen LogP contribution in [0.25, 0.3) is 11.4 Å². The summed E-state index contributed by atoms with van der Waals surface area (Å²) in [6, 6.07) is 10.0. The predicted octanol–water partition coefficient (Wildman–Crippen LogP) is 3.39. The zero-order valence-corrected chi connectivity index (χ0v) is 26.0. The molecule has 2 unspecified atom stereocenters. The van der Waals surface area contributed by atoms with Gasteiger partial charge in [0.25, 0.3) is 5.91 Å². The van der Waals surface area contributed by atoms with Crippen LogP contribution in [0, 0.1) is 0 Å². The molecule has 0 saturated carbocycles. The summed E-state index contributed by atoms with van der Waals surface area (Å²) in [5.74, 6) is -0.963. The Morgan fingerprint density at radius 2 is 1.75 bits per heavy atom. The maximum atomic E-state index is 13.7. The van der Waals surface area contributed by atoms with E-state index < -0.39 is 29.6 Å². The maximum absolute atomic E-state index is 13.7. The zero-order chi connectivity index (χ0) is 31.7. The molecule has 3 amide bonds. The maximum Gasteiger partial charge on any atom is 0.409 e. The van der Waals surface area contributed by atoms with Gasteiger partial charge in [0, 0.05) is 56.9 Å². The first-order chi connectivity index (χ1) is 21.0. The van der Waals surface area contributed by atoms with Crippen LogP contribution in [0.2, 0.25) is 0 Å². The lowest BCUT2D eigenvalue weighted by Gasteiger charge is -2.36. The molecule has 2 aliphatic rings. The van der Waals surface area contributed by atoms with Crippen molar-refractivity contribution in [1.29, 1.82) is 0 Å². The fourth-order valence-corrected chi connectivity index (χ4v) is 5.16. The van der Waals surface area contributed by atoms with Crippen molar-refractivity contribution < 1.29 is 33.4 Å². The Hall–Kier alpha value is -4.06. The fourth-order valence-electron chi connectivity index (χ4n) is 5.16. The van der Waals surface area contributed by atoms with E-state index in [-0.39, 0.29) is 50.2 Å². The number of hydrogen-bond acceptors (Lipinski definition) is 9. The molecule has 12 nitrogen and oxygen atoms in total. The zero-order valence-electron chi connectivity index (χ0n) is 26.0. The summed E-state index contributed by atoms with van der Waals surface area (Å²) in [6.45, 7) is 9.16. The Labute approximate surface area is 258 Å². The minimum Gasteiger partial charge on any atom is -0.460 e. The van der Waals surface area contributed by atoms with Gasteiger partial charge in [-0.05, 0) is 53.0 Å². The quantitative estimate of drug-likeness (QED) is 0.402. The molecule has 2 aliphatic heterocycles. The average Bonchev–Trinajstić information content (AvgIpc) is 3.51. The molecular weight excluding hydrogens is 566 g/mol. The molecule has 1 aromatic heterocycles. The molecule has 2 fully saturated rings. The Kier molecular flexibility index (Phi) is 11.3. The lowest BCUT2D eigenvalue weighted by Crippen LogP contribution is -2.56. The summed E-state index contributed by atoms with van der Waals surface area (Å²) in [7, 11) is 0. The number of esters is 1. The molecule has 4 rings (SSSR count). The third kappa shape index (κ3) is 9.47. The Morgan fingerprint density at radius 3 is 2.39 bits per heavy atom. The topological polar surface area (TPSA) is 140 Å². The third-order valence-electron chi connectivity index (χ3n) is 7.28. The fraction of sp³-hybridized carbons (Fsp3) is 0.562. The number of nitrogens with one attached hydrogen (secondary N) is 1. The van der Waals surface area contributed by atoms with E-state index in [2.05, 4.69) is 10.3 Å². The van der Waals surface area contributed by atoms with Gasteiger partial charge in [-0.3, -0.25) is 14.4 Å². The molecule has 0 radical (unpaired) electrons. The molecule has 0 bridgehead atoms. The van der Waals surface area contributed by atoms with Crippen LogP contribution in [-0.4, -0.2) is 101 Å². The van der Waals surface area contributed by atoms with Gasteiger partial charge in [0.05, 0.1) is 12.7 Å². The van der Waals surface area contributed by atoms with E-state index >= 15 is 0 Å². The lowest BCUT2D eigenvalue weighted by molar-refractivity contribution is -0.155. The number of hydrogen-bond donors (Lipinski definition) is 1. The first-order valence-corrected chi connectivity index (χ1v) is 15.3. The van der Waals surface area contributed by atoms with Gasteiger partial charge in [0.2, 0.25) is 5.91 Å².